The van der Waals surface area contributed by atoms with Crippen LogP contribution in [-0.4, -0.2) is 0 Å². The quantitative estimate of drug-likeness (QED) is 0.399. The summed E-state index contributed by atoms with van der Waals surface area (Å²) in [5, 5.41) is 0. The summed E-state index contributed by atoms with van der Waals surface area (Å²) < 4.78 is 0. The molecule has 4 N–H and O–H groups in total. The zero-order valence-corrected chi connectivity index (χ0v) is 14.9. The summed E-state index contributed by atoms with van der Waals surface area (Å²) in [7, 11) is 0. The van der Waals surface area contributed by atoms with Crippen LogP contribution in [0.3, 0.4) is 0 Å². The zero-order chi connectivity index (χ0) is 18.4. The molecule has 0 heterocycles. The molecule has 0 bridgehead atoms. The Labute approximate surface area is 159 Å². The minimum absolute atomic E-state index is 0.770. The van der Waals surface area contributed by atoms with Gasteiger partial charge in [-0.2, -0.15) is 0 Å². The molecule has 5 rings (SSSR count). The van der Waals surface area contributed by atoms with Crippen molar-refractivity contribution in [1.29, 1.82) is 0 Å². The largest absolute Gasteiger partial charge is 0.399 e. The van der Waals surface area contributed by atoms with Crippen molar-refractivity contribution in [2.45, 2.75) is 6.42 Å². The Morgan fingerprint density at radius 2 is 1.19 bits per heavy atom. The van der Waals surface area contributed by atoms with E-state index in [4.69, 9.17) is 11.5 Å². The fourth-order valence-corrected chi connectivity index (χ4v) is 4.11. The van der Waals surface area contributed by atoms with Gasteiger partial charge in [0.15, 0.2) is 0 Å². The van der Waals surface area contributed by atoms with Gasteiger partial charge in [0, 0.05) is 11.4 Å². The van der Waals surface area contributed by atoms with E-state index in [1.807, 2.05) is 18.2 Å². The summed E-state index contributed by atoms with van der Waals surface area (Å²) in [6.07, 6.45) is 0.956. The molecule has 27 heavy (non-hydrogen) atoms. The molecule has 0 radical (unpaired) electrons. The molecule has 0 aliphatic heterocycles. The molecular weight excluding hydrogens is 328 g/mol. The number of fused-ring (bicyclic) bond motifs is 3. The average Bonchev–Trinajstić information content (AvgIpc) is 3.07. The highest BCUT2D eigenvalue weighted by atomic mass is 14.5. The first-order chi connectivity index (χ1) is 13.2. The maximum atomic E-state index is 6.18. The van der Waals surface area contributed by atoms with Crippen molar-refractivity contribution in [3.63, 3.8) is 0 Å². The van der Waals surface area contributed by atoms with E-state index >= 15 is 0 Å². The topological polar surface area (TPSA) is 52.0 Å². The maximum Gasteiger partial charge on any atom is 0.0320 e. The average molecular weight is 348 g/mol. The predicted molar refractivity (Wildman–Crippen MR) is 114 cm³/mol. The van der Waals surface area contributed by atoms with E-state index in [1.54, 1.807) is 0 Å². The lowest BCUT2D eigenvalue weighted by Gasteiger charge is -2.15. The first-order valence-corrected chi connectivity index (χ1v) is 9.17. The van der Waals surface area contributed by atoms with Crippen LogP contribution in [0.2, 0.25) is 0 Å². The van der Waals surface area contributed by atoms with Crippen molar-refractivity contribution in [3.05, 3.63) is 96.1 Å². The molecule has 0 fully saturated rings. The van der Waals surface area contributed by atoms with Gasteiger partial charge in [-0.25, -0.2) is 0 Å². The number of hydrogen-bond acceptors (Lipinski definition) is 2. The Bertz CT molecular complexity index is 1160. The lowest BCUT2D eigenvalue weighted by Crippen LogP contribution is -1.94. The molecular formula is C25H20N2. The SMILES string of the molecule is Nc1ccc(-c2ccc(N)cc2-c2cccc3c2Cc2ccccc2-3)cc1. The monoisotopic (exact) mass is 348 g/mol. The van der Waals surface area contributed by atoms with Gasteiger partial charge in [-0.15, -0.1) is 0 Å². The summed E-state index contributed by atoms with van der Waals surface area (Å²) in [5.74, 6) is 0. The second kappa shape index (κ2) is 6.03. The van der Waals surface area contributed by atoms with E-state index < -0.39 is 0 Å². The summed E-state index contributed by atoms with van der Waals surface area (Å²) in [4.78, 5) is 0. The highest BCUT2D eigenvalue weighted by Crippen LogP contribution is 2.44. The zero-order valence-electron chi connectivity index (χ0n) is 14.9. The van der Waals surface area contributed by atoms with Crippen LogP contribution < -0.4 is 11.5 Å². The standard InChI is InChI=1S/C25H20N2/c26-18-10-8-16(9-11-18)21-13-12-19(27)15-25(21)23-7-3-6-22-20-5-2-1-4-17(20)14-24(22)23/h1-13,15H,14,26-27H2. The Morgan fingerprint density at radius 1 is 0.519 bits per heavy atom. The number of nitrogens with two attached hydrogens (primary N) is 2. The van der Waals surface area contributed by atoms with Gasteiger partial charge in [-0.3, -0.25) is 0 Å². The number of anilines is 2. The van der Waals surface area contributed by atoms with Gasteiger partial charge in [0.1, 0.15) is 0 Å². The third-order valence-electron chi connectivity index (χ3n) is 5.41. The van der Waals surface area contributed by atoms with E-state index in [2.05, 4.69) is 66.7 Å². The van der Waals surface area contributed by atoms with Crippen LogP contribution in [0.25, 0.3) is 33.4 Å². The second-order valence-electron chi connectivity index (χ2n) is 7.09. The van der Waals surface area contributed by atoms with E-state index in [9.17, 15) is 0 Å². The molecule has 2 nitrogen and oxygen atoms in total. The Hall–Kier alpha value is -3.52. The third kappa shape index (κ3) is 2.58. The predicted octanol–water partition coefficient (Wildman–Crippen LogP) is 5.76. The Morgan fingerprint density at radius 3 is 2.00 bits per heavy atom. The molecule has 4 aromatic carbocycles. The van der Waals surface area contributed by atoms with Gasteiger partial charge in [0.05, 0.1) is 0 Å². The molecule has 0 saturated heterocycles. The highest BCUT2D eigenvalue weighted by molar-refractivity contribution is 5.92. The molecule has 0 amide bonds. The van der Waals surface area contributed by atoms with Crippen molar-refractivity contribution < 1.29 is 0 Å². The van der Waals surface area contributed by atoms with Crippen molar-refractivity contribution >= 4 is 11.4 Å². The van der Waals surface area contributed by atoms with Gasteiger partial charge >= 0.3 is 0 Å². The van der Waals surface area contributed by atoms with Gasteiger partial charge in [0.2, 0.25) is 0 Å². The normalized spacial score (nSPS) is 11.9. The first-order valence-electron chi connectivity index (χ1n) is 9.17. The molecule has 2 heteroatoms. The molecule has 1 aliphatic rings. The lowest BCUT2D eigenvalue weighted by molar-refractivity contribution is 1.26. The van der Waals surface area contributed by atoms with Crippen LogP contribution in [0.4, 0.5) is 11.4 Å². The van der Waals surface area contributed by atoms with E-state index in [1.165, 1.54) is 38.9 Å². The van der Waals surface area contributed by atoms with Crippen LogP contribution in [0.1, 0.15) is 11.1 Å². The number of rotatable bonds is 2. The van der Waals surface area contributed by atoms with Gasteiger partial charge in [-0.05, 0) is 75.2 Å². The minimum Gasteiger partial charge on any atom is -0.399 e. The summed E-state index contributed by atoms with van der Waals surface area (Å²) >= 11 is 0. The van der Waals surface area contributed by atoms with Crippen LogP contribution in [-0.2, 0) is 6.42 Å². The van der Waals surface area contributed by atoms with Crippen LogP contribution in [0.15, 0.2) is 84.9 Å². The molecule has 0 atom stereocenters. The number of benzene rings is 4. The van der Waals surface area contributed by atoms with Gasteiger partial charge in [0.25, 0.3) is 0 Å². The fraction of sp³-hybridized carbons (Fsp3) is 0.0400. The summed E-state index contributed by atoms with van der Waals surface area (Å²) in [6.45, 7) is 0. The molecule has 130 valence electrons. The molecule has 0 saturated carbocycles. The molecule has 1 aliphatic carbocycles. The van der Waals surface area contributed by atoms with Crippen molar-refractivity contribution in [1.82, 2.24) is 0 Å². The van der Waals surface area contributed by atoms with Crippen LogP contribution in [0, 0.1) is 0 Å². The van der Waals surface area contributed by atoms with Gasteiger partial charge in [-0.1, -0.05) is 60.7 Å². The maximum absolute atomic E-state index is 6.18. The van der Waals surface area contributed by atoms with Crippen molar-refractivity contribution in [2.24, 2.45) is 0 Å². The number of nitrogen functional groups attached to an aromatic ring is 2. The summed E-state index contributed by atoms with van der Waals surface area (Å²) in [6, 6.07) is 29.4. The highest BCUT2D eigenvalue weighted by Gasteiger charge is 2.22. The molecule has 0 unspecified atom stereocenters. The lowest BCUT2D eigenvalue weighted by atomic mass is 9.89. The fourth-order valence-electron chi connectivity index (χ4n) is 4.11. The molecule has 0 spiro atoms. The van der Waals surface area contributed by atoms with E-state index in [0.717, 1.165) is 23.4 Å². The smallest absolute Gasteiger partial charge is 0.0320 e. The van der Waals surface area contributed by atoms with Crippen molar-refractivity contribution in [3.8, 4) is 33.4 Å². The Kier molecular flexibility index (Phi) is 3.51. The first kappa shape index (κ1) is 15.7. The number of hydrogen-bond donors (Lipinski definition) is 2. The van der Waals surface area contributed by atoms with Crippen molar-refractivity contribution in [2.75, 3.05) is 11.5 Å². The van der Waals surface area contributed by atoms with Gasteiger partial charge < -0.3 is 11.5 Å². The second-order valence-corrected chi connectivity index (χ2v) is 7.09. The molecule has 0 aromatic heterocycles. The van der Waals surface area contributed by atoms with Crippen LogP contribution >= 0.6 is 0 Å². The third-order valence-corrected chi connectivity index (χ3v) is 5.41. The van der Waals surface area contributed by atoms with E-state index in [-0.39, 0.29) is 0 Å². The van der Waals surface area contributed by atoms with Crippen LogP contribution in [0.5, 0.6) is 0 Å². The van der Waals surface area contributed by atoms with E-state index in [0.29, 0.717) is 0 Å². The minimum atomic E-state index is 0.770. The summed E-state index contributed by atoms with van der Waals surface area (Å²) in [5.41, 5.74) is 23.8. The Balaban J connectivity index is 1.73. The molecule has 4 aromatic rings.